The molecule has 70 valence electrons. The van der Waals surface area contributed by atoms with Crippen molar-refractivity contribution in [3.8, 4) is 5.69 Å². The van der Waals surface area contributed by atoms with Crippen LogP contribution in [0.5, 0.6) is 0 Å². The highest BCUT2D eigenvalue weighted by Crippen LogP contribution is 2.15. The average Bonchev–Trinajstić information content (AvgIpc) is 2.71. The molecule has 0 aliphatic rings. The molecule has 2 aromatic rings. The van der Waals surface area contributed by atoms with E-state index in [4.69, 9.17) is 0 Å². The Morgan fingerprint density at radius 1 is 1.43 bits per heavy atom. The highest BCUT2D eigenvalue weighted by Gasteiger charge is 2.04. The second kappa shape index (κ2) is 3.41. The smallest absolute Gasteiger partial charge is 0.150 e. The van der Waals surface area contributed by atoms with Crippen LogP contribution < -0.4 is 0 Å². The van der Waals surface area contributed by atoms with E-state index < -0.39 is 0 Å². The van der Waals surface area contributed by atoms with Crippen molar-refractivity contribution in [1.82, 2.24) is 15.0 Å². The number of nitrogens with zero attached hydrogens (tertiary/aromatic N) is 3. The maximum absolute atomic E-state index is 10.7. The van der Waals surface area contributed by atoms with E-state index in [1.165, 1.54) is 0 Å². The molecular formula is C10H9N3O. The van der Waals surface area contributed by atoms with E-state index in [0.29, 0.717) is 5.56 Å². The number of aldehydes is 1. The lowest BCUT2D eigenvalue weighted by atomic mass is 10.1. The second-order valence-electron chi connectivity index (χ2n) is 2.96. The first-order valence-electron chi connectivity index (χ1n) is 4.24. The van der Waals surface area contributed by atoms with Gasteiger partial charge in [-0.15, -0.1) is 5.10 Å². The minimum atomic E-state index is 0.679. The second-order valence-corrected chi connectivity index (χ2v) is 2.96. The van der Waals surface area contributed by atoms with Crippen LogP contribution in [-0.4, -0.2) is 21.3 Å². The maximum atomic E-state index is 10.7. The lowest BCUT2D eigenvalue weighted by molar-refractivity contribution is 0.112. The van der Waals surface area contributed by atoms with Crippen molar-refractivity contribution < 1.29 is 4.79 Å². The molecule has 0 fully saturated rings. The Bertz CT molecular complexity index is 448. The maximum Gasteiger partial charge on any atom is 0.150 e. The van der Waals surface area contributed by atoms with Gasteiger partial charge in [0.25, 0.3) is 0 Å². The third-order valence-corrected chi connectivity index (χ3v) is 2.14. The molecule has 4 nitrogen and oxygen atoms in total. The summed E-state index contributed by atoms with van der Waals surface area (Å²) in [5, 5.41) is 7.59. The van der Waals surface area contributed by atoms with Gasteiger partial charge in [-0.2, -0.15) is 0 Å². The van der Waals surface area contributed by atoms with Crippen LogP contribution in [0.1, 0.15) is 15.9 Å². The van der Waals surface area contributed by atoms with Gasteiger partial charge in [-0.25, -0.2) is 4.68 Å². The van der Waals surface area contributed by atoms with E-state index in [9.17, 15) is 4.79 Å². The van der Waals surface area contributed by atoms with Crippen molar-refractivity contribution in [1.29, 1.82) is 0 Å². The molecule has 4 heteroatoms. The normalized spacial score (nSPS) is 10.1. The summed E-state index contributed by atoms with van der Waals surface area (Å²) >= 11 is 0. The van der Waals surface area contributed by atoms with Gasteiger partial charge in [0, 0.05) is 5.56 Å². The molecular weight excluding hydrogens is 178 g/mol. The van der Waals surface area contributed by atoms with Crippen molar-refractivity contribution in [2.75, 3.05) is 0 Å². The molecule has 1 aromatic heterocycles. The fourth-order valence-electron chi connectivity index (χ4n) is 1.35. The number of carbonyl (C=O) groups is 1. The fraction of sp³-hybridized carbons (Fsp3) is 0.100. The van der Waals surface area contributed by atoms with Crippen molar-refractivity contribution >= 4 is 6.29 Å². The molecule has 0 bridgehead atoms. The summed E-state index contributed by atoms with van der Waals surface area (Å²) in [6.07, 6.45) is 4.19. The minimum Gasteiger partial charge on any atom is -0.298 e. The van der Waals surface area contributed by atoms with Gasteiger partial charge in [-0.05, 0) is 18.6 Å². The first kappa shape index (κ1) is 8.62. The molecule has 0 saturated carbocycles. The van der Waals surface area contributed by atoms with Crippen LogP contribution in [0, 0.1) is 6.92 Å². The van der Waals surface area contributed by atoms with Crippen molar-refractivity contribution in [2.24, 2.45) is 0 Å². The van der Waals surface area contributed by atoms with Crippen LogP contribution in [0.4, 0.5) is 0 Å². The van der Waals surface area contributed by atoms with E-state index in [-0.39, 0.29) is 0 Å². The van der Waals surface area contributed by atoms with Gasteiger partial charge in [-0.1, -0.05) is 17.3 Å². The van der Waals surface area contributed by atoms with Crippen LogP contribution in [-0.2, 0) is 0 Å². The third-order valence-electron chi connectivity index (χ3n) is 2.14. The topological polar surface area (TPSA) is 47.8 Å². The molecule has 1 aromatic carbocycles. The van der Waals surface area contributed by atoms with Gasteiger partial charge < -0.3 is 0 Å². The molecule has 0 spiro atoms. The highest BCUT2D eigenvalue weighted by molar-refractivity contribution is 5.78. The molecule has 0 aliphatic carbocycles. The van der Waals surface area contributed by atoms with Gasteiger partial charge in [0.05, 0.1) is 18.1 Å². The van der Waals surface area contributed by atoms with Crippen molar-refractivity contribution in [3.05, 3.63) is 41.7 Å². The number of benzene rings is 1. The zero-order valence-electron chi connectivity index (χ0n) is 7.71. The standard InChI is InChI=1S/C10H9N3O/c1-8-9(7-14)3-2-4-10(8)13-6-5-11-12-13/h2-7H,1H3. The summed E-state index contributed by atoms with van der Waals surface area (Å²) in [6.45, 7) is 1.89. The Hall–Kier alpha value is -1.97. The molecule has 0 unspecified atom stereocenters. The van der Waals surface area contributed by atoms with E-state index in [2.05, 4.69) is 10.3 Å². The largest absolute Gasteiger partial charge is 0.298 e. The lowest BCUT2D eigenvalue weighted by Crippen LogP contribution is -2.00. The molecule has 0 saturated heterocycles. The summed E-state index contributed by atoms with van der Waals surface area (Å²) in [4.78, 5) is 10.7. The van der Waals surface area contributed by atoms with Gasteiger partial charge in [-0.3, -0.25) is 4.79 Å². The quantitative estimate of drug-likeness (QED) is 0.667. The molecule has 0 aliphatic heterocycles. The van der Waals surface area contributed by atoms with Gasteiger partial charge in [0.1, 0.15) is 6.29 Å². The summed E-state index contributed by atoms with van der Waals surface area (Å²) in [7, 11) is 0. The van der Waals surface area contributed by atoms with Crippen molar-refractivity contribution in [3.63, 3.8) is 0 Å². The Kier molecular flexibility index (Phi) is 2.10. The first-order chi connectivity index (χ1) is 6.83. The summed E-state index contributed by atoms with van der Waals surface area (Å²) < 4.78 is 1.64. The Morgan fingerprint density at radius 3 is 2.93 bits per heavy atom. The summed E-state index contributed by atoms with van der Waals surface area (Å²) in [5.74, 6) is 0. The van der Waals surface area contributed by atoms with Crippen LogP contribution in [0.25, 0.3) is 5.69 Å². The predicted molar refractivity (Wildman–Crippen MR) is 51.5 cm³/mol. The third kappa shape index (κ3) is 1.31. The molecule has 0 radical (unpaired) electrons. The zero-order chi connectivity index (χ0) is 9.97. The molecule has 14 heavy (non-hydrogen) atoms. The molecule has 0 atom stereocenters. The highest BCUT2D eigenvalue weighted by atomic mass is 16.1. The minimum absolute atomic E-state index is 0.679. The van der Waals surface area contributed by atoms with Gasteiger partial charge in [0.2, 0.25) is 0 Å². The van der Waals surface area contributed by atoms with Crippen LogP contribution in [0.2, 0.25) is 0 Å². The Labute approximate surface area is 81.2 Å². The molecule has 0 N–H and O–H groups in total. The van der Waals surface area contributed by atoms with Gasteiger partial charge in [0.15, 0.2) is 0 Å². The number of hydrogen-bond acceptors (Lipinski definition) is 3. The SMILES string of the molecule is Cc1c(C=O)cccc1-n1ccnn1. The summed E-state index contributed by atoms with van der Waals surface area (Å²) in [6, 6.07) is 5.51. The lowest BCUT2D eigenvalue weighted by Gasteiger charge is -2.05. The van der Waals surface area contributed by atoms with Crippen LogP contribution in [0.15, 0.2) is 30.6 Å². The van der Waals surface area contributed by atoms with E-state index in [1.807, 2.05) is 19.1 Å². The Morgan fingerprint density at radius 2 is 2.29 bits per heavy atom. The van der Waals surface area contributed by atoms with Crippen LogP contribution in [0.3, 0.4) is 0 Å². The van der Waals surface area contributed by atoms with E-state index in [1.54, 1.807) is 23.1 Å². The van der Waals surface area contributed by atoms with E-state index in [0.717, 1.165) is 17.5 Å². The van der Waals surface area contributed by atoms with Gasteiger partial charge >= 0.3 is 0 Å². The first-order valence-corrected chi connectivity index (χ1v) is 4.24. The number of carbonyl (C=O) groups excluding carboxylic acids is 1. The fourth-order valence-corrected chi connectivity index (χ4v) is 1.35. The zero-order valence-corrected chi connectivity index (χ0v) is 7.71. The Balaban J connectivity index is 2.60. The van der Waals surface area contributed by atoms with Crippen molar-refractivity contribution in [2.45, 2.75) is 6.92 Å². The number of hydrogen-bond donors (Lipinski definition) is 0. The molecule has 2 rings (SSSR count). The number of rotatable bonds is 2. The monoisotopic (exact) mass is 187 g/mol. The van der Waals surface area contributed by atoms with E-state index >= 15 is 0 Å². The van der Waals surface area contributed by atoms with Crippen LogP contribution >= 0.6 is 0 Å². The molecule has 1 heterocycles. The molecule has 0 amide bonds. The number of aromatic nitrogens is 3. The predicted octanol–water partition coefficient (Wildman–Crippen LogP) is 1.39. The average molecular weight is 187 g/mol. The summed E-state index contributed by atoms with van der Waals surface area (Å²) in [5.41, 5.74) is 2.47.